The summed E-state index contributed by atoms with van der Waals surface area (Å²) in [6.07, 6.45) is 3.71. The van der Waals surface area contributed by atoms with Crippen LogP contribution in [0.5, 0.6) is 0 Å². The molecule has 0 aromatic carbocycles. The van der Waals surface area contributed by atoms with Gasteiger partial charge in [-0.15, -0.1) is 0 Å². The van der Waals surface area contributed by atoms with Crippen molar-refractivity contribution in [2.24, 2.45) is 0 Å². The molecule has 5 nitrogen and oxygen atoms in total. The lowest BCUT2D eigenvalue weighted by atomic mass is 9.79. The van der Waals surface area contributed by atoms with Crippen molar-refractivity contribution in [1.82, 2.24) is 10.2 Å². The van der Waals surface area contributed by atoms with Crippen molar-refractivity contribution in [2.45, 2.75) is 57.2 Å². The van der Waals surface area contributed by atoms with E-state index in [9.17, 15) is 9.59 Å². The lowest BCUT2D eigenvalue weighted by Gasteiger charge is -2.47. The van der Waals surface area contributed by atoms with Crippen LogP contribution in [0, 0.1) is 0 Å². The first kappa shape index (κ1) is 13.3. The Hall–Kier alpha value is -1.10. The average Bonchev–Trinajstić information content (AvgIpc) is 2.32. The molecule has 2 fully saturated rings. The van der Waals surface area contributed by atoms with Gasteiger partial charge in [0.15, 0.2) is 0 Å². The summed E-state index contributed by atoms with van der Waals surface area (Å²) >= 11 is 0. The van der Waals surface area contributed by atoms with Crippen molar-refractivity contribution < 1.29 is 14.3 Å². The number of amides is 2. The molecule has 0 aromatic heterocycles. The van der Waals surface area contributed by atoms with Crippen molar-refractivity contribution in [3.05, 3.63) is 0 Å². The predicted molar refractivity (Wildman–Crippen MR) is 67.0 cm³/mol. The van der Waals surface area contributed by atoms with E-state index >= 15 is 0 Å². The van der Waals surface area contributed by atoms with Crippen LogP contribution in [0.15, 0.2) is 0 Å². The van der Waals surface area contributed by atoms with Gasteiger partial charge in [0.25, 0.3) is 0 Å². The molecule has 0 bridgehead atoms. The largest absolute Gasteiger partial charge is 0.376 e. The van der Waals surface area contributed by atoms with Crippen molar-refractivity contribution in [2.75, 3.05) is 13.7 Å². The van der Waals surface area contributed by atoms with Crippen LogP contribution < -0.4 is 5.32 Å². The smallest absolute Gasteiger partial charge is 0.245 e. The van der Waals surface area contributed by atoms with Crippen LogP contribution in [0.1, 0.15) is 39.5 Å². The fraction of sp³-hybridized carbons (Fsp3) is 0.846. The molecule has 1 heterocycles. The predicted octanol–water partition coefficient (Wildman–Crippen LogP) is 0.681. The molecule has 2 unspecified atom stereocenters. The zero-order chi connectivity index (χ0) is 13.3. The topological polar surface area (TPSA) is 58.6 Å². The van der Waals surface area contributed by atoms with E-state index in [1.54, 1.807) is 18.9 Å². The summed E-state index contributed by atoms with van der Waals surface area (Å²) in [6, 6.07) is -0.768. The maximum Gasteiger partial charge on any atom is 0.245 e. The Bertz CT molecular complexity index is 347. The Labute approximate surface area is 108 Å². The van der Waals surface area contributed by atoms with Gasteiger partial charge < -0.3 is 15.0 Å². The number of ether oxygens (including phenoxy) is 1. The van der Waals surface area contributed by atoms with Gasteiger partial charge in [-0.3, -0.25) is 9.59 Å². The molecule has 1 aliphatic carbocycles. The maximum atomic E-state index is 12.3. The van der Waals surface area contributed by atoms with Crippen LogP contribution >= 0.6 is 0 Å². The van der Waals surface area contributed by atoms with Crippen molar-refractivity contribution in [3.8, 4) is 0 Å². The maximum absolute atomic E-state index is 12.3. The first-order valence-electron chi connectivity index (χ1n) is 6.69. The number of nitrogens with zero attached hydrogens (tertiary/aromatic N) is 1. The van der Waals surface area contributed by atoms with Gasteiger partial charge >= 0.3 is 0 Å². The molecule has 1 aliphatic heterocycles. The van der Waals surface area contributed by atoms with E-state index in [-0.39, 0.29) is 23.5 Å². The zero-order valence-electron chi connectivity index (χ0n) is 11.4. The summed E-state index contributed by atoms with van der Waals surface area (Å²) in [5, 5.41) is 2.76. The number of carbonyl (C=O) groups is 2. The summed E-state index contributed by atoms with van der Waals surface area (Å²) in [5.74, 6) is -0.0417. The number of carbonyl (C=O) groups excluding carboxylic acids is 2. The molecule has 0 spiro atoms. The molecule has 0 aromatic rings. The lowest BCUT2D eigenvalue weighted by Crippen LogP contribution is -2.65. The Morgan fingerprint density at radius 2 is 2.11 bits per heavy atom. The Morgan fingerprint density at radius 1 is 1.44 bits per heavy atom. The quantitative estimate of drug-likeness (QED) is 0.802. The van der Waals surface area contributed by atoms with Crippen molar-refractivity contribution in [3.63, 3.8) is 0 Å². The lowest BCUT2D eigenvalue weighted by molar-refractivity contribution is -0.158. The monoisotopic (exact) mass is 254 g/mol. The average molecular weight is 254 g/mol. The fourth-order valence-corrected chi connectivity index (χ4v) is 2.69. The molecule has 1 N–H and O–H groups in total. The third-order valence-electron chi connectivity index (χ3n) is 4.31. The molecular weight excluding hydrogens is 232 g/mol. The Balaban J connectivity index is 2.13. The first-order chi connectivity index (χ1) is 8.53. The van der Waals surface area contributed by atoms with Gasteiger partial charge in [-0.2, -0.15) is 0 Å². The van der Waals surface area contributed by atoms with Gasteiger partial charge in [0.2, 0.25) is 11.8 Å². The van der Waals surface area contributed by atoms with Crippen LogP contribution in [0.2, 0.25) is 0 Å². The molecule has 0 radical (unpaired) electrons. The summed E-state index contributed by atoms with van der Waals surface area (Å²) in [5.41, 5.74) is -0.222. The van der Waals surface area contributed by atoms with Gasteiger partial charge in [-0.25, -0.2) is 0 Å². The number of hydrogen-bond acceptors (Lipinski definition) is 3. The Morgan fingerprint density at radius 3 is 2.56 bits per heavy atom. The summed E-state index contributed by atoms with van der Waals surface area (Å²) in [7, 11) is 1.69. The van der Waals surface area contributed by atoms with Crippen LogP contribution in [0.4, 0.5) is 0 Å². The number of hydrogen-bond donors (Lipinski definition) is 1. The normalized spacial score (nSPS) is 30.9. The molecule has 1 saturated carbocycles. The number of rotatable bonds is 4. The second-order valence-corrected chi connectivity index (χ2v) is 5.35. The van der Waals surface area contributed by atoms with E-state index < -0.39 is 6.04 Å². The van der Waals surface area contributed by atoms with Crippen molar-refractivity contribution >= 4 is 11.8 Å². The van der Waals surface area contributed by atoms with Crippen LogP contribution in [0.25, 0.3) is 0 Å². The molecule has 2 atom stereocenters. The summed E-state index contributed by atoms with van der Waals surface area (Å²) in [6.45, 7) is 4.22. The summed E-state index contributed by atoms with van der Waals surface area (Å²) in [4.78, 5) is 25.8. The van der Waals surface area contributed by atoms with E-state index in [1.165, 1.54) is 0 Å². The number of methoxy groups -OCH3 is 1. The highest BCUT2D eigenvalue weighted by molar-refractivity contribution is 5.96. The summed E-state index contributed by atoms with van der Waals surface area (Å²) < 4.78 is 5.55. The molecular formula is C13H22N2O3. The van der Waals surface area contributed by atoms with E-state index in [0.29, 0.717) is 13.0 Å². The van der Waals surface area contributed by atoms with E-state index in [1.807, 2.05) is 6.92 Å². The number of piperazine rings is 1. The van der Waals surface area contributed by atoms with Gasteiger partial charge in [-0.1, -0.05) is 6.92 Å². The highest BCUT2D eigenvalue weighted by atomic mass is 16.5. The Kier molecular flexibility index (Phi) is 3.61. The van der Waals surface area contributed by atoms with Gasteiger partial charge in [0.1, 0.15) is 12.1 Å². The number of nitrogens with one attached hydrogen (secondary N) is 1. The molecule has 2 aliphatic rings. The van der Waals surface area contributed by atoms with Gasteiger partial charge in [-0.05, 0) is 32.6 Å². The van der Waals surface area contributed by atoms with Crippen LogP contribution in [0.3, 0.4) is 0 Å². The van der Waals surface area contributed by atoms with E-state index in [2.05, 4.69) is 5.32 Å². The third kappa shape index (κ3) is 2.11. The van der Waals surface area contributed by atoms with Gasteiger partial charge in [0, 0.05) is 7.11 Å². The molecule has 2 rings (SSSR count). The van der Waals surface area contributed by atoms with Crippen LogP contribution in [-0.4, -0.2) is 48.1 Å². The zero-order valence-corrected chi connectivity index (χ0v) is 11.4. The molecule has 2 amide bonds. The highest BCUT2D eigenvalue weighted by Gasteiger charge is 2.45. The first-order valence-corrected chi connectivity index (χ1v) is 6.69. The van der Waals surface area contributed by atoms with E-state index in [4.69, 9.17) is 4.74 Å². The third-order valence-corrected chi connectivity index (χ3v) is 4.31. The highest BCUT2D eigenvalue weighted by Crippen LogP contribution is 2.36. The molecule has 18 heavy (non-hydrogen) atoms. The second kappa shape index (κ2) is 4.88. The minimum absolute atomic E-state index is 0.0212. The standard InChI is InChI=1S/C13H22N2O3/c1-4-10-12(17)15(9(2)11(16)14-10)8-13(18-3)6-5-7-13/h9-10H,4-8H2,1-3H3,(H,14,16). The van der Waals surface area contributed by atoms with Gasteiger partial charge in [0.05, 0.1) is 12.1 Å². The second-order valence-electron chi connectivity index (χ2n) is 5.35. The molecule has 5 heteroatoms. The fourth-order valence-electron chi connectivity index (χ4n) is 2.69. The minimum atomic E-state index is -0.395. The molecule has 102 valence electrons. The molecule has 1 saturated heterocycles. The minimum Gasteiger partial charge on any atom is -0.376 e. The van der Waals surface area contributed by atoms with Crippen LogP contribution in [-0.2, 0) is 14.3 Å². The van der Waals surface area contributed by atoms with E-state index in [0.717, 1.165) is 19.3 Å². The van der Waals surface area contributed by atoms with Crippen molar-refractivity contribution in [1.29, 1.82) is 0 Å². The SMILES string of the molecule is CCC1NC(=O)C(C)N(CC2(OC)CCC2)C1=O.